The Labute approximate surface area is 236 Å². The number of hydrogen-bond donors (Lipinski definition) is 2. The van der Waals surface area contributed by atoms with Gasteiger partial charge in [0.2, 0.25) is 5.82 Å². The largest absolute Gasteiger partial charge is 0.470 e. The fraction of sp³-hybridized carbons (Fsp3) is 0.333. The van der Waals surface area contributed by atoms with Gasteiger partial charge in [-0.2, -0.15) is 9.65 Å². The summed E-state index contributed by atoms with van der Waals surface area (Å²) < 4.78 is 37.0. The Morgan fingerprint density at radius 1 is 1.20 bits per heavy atom. The second kappa shape index (κ2) is 11.1. The lowest BCUT2D eigenvalue weighted by molar-refractivity contribution is 0.0692. The zero-order valence-electron chi connectivity index (χ0n) is 23.1. The molecule has 1 fully saturated rings. The van der Waals surface area contributed by atoms with Crippen molar-refractivity contribution in [1.82, 2.24) is 19.3 Å². The minimum absolute atomic E-state index is 0.00418. The molecular formula is C30H31F2N7O2. The minimum atomic E-state index is -1.32. The molecule has 0 unspecified atom stereocenters. The van der Waals surface area contributed by atoms with Crippen molar-refractivity contribution in [3.05, 3.63) is 71.7 Å². The highest BCUT2D eigenvalue weighted by Gasteiger charge is 2.26. The molecule has 2 aromatic heterocycles. The number of nitrogens with two attached hydrogens (primary N) is 1. The molecule has 1 saturated heterocycles. The van der Waals surface area contributed by atoms with E-state index in [2.05, 4.69) is 15.3 Å². The number of halogens is 2. The Balaban J connectivity index is 1.38. The van der Waals surface area contributed by atoms with Gasteiger partial charge >= 0.3 is 0 Å². The Morgan fingerprint density at radius 2 is 1.95 bits per heavy atom. The van der Waals surface area contributed by atoms with Gasteiger partial charge in [-0.15, -0.1) is 0 Å². The van der Waals surface area contributed by atoms with Crippen molar-refractivity contribution in [3.63, 3.8) is 0 Å². The lowest BCUT2D eigenvalue weighted by Gasteiger charge is -2.31. The van der Waals surface area contributed by atoms with E-state index in [1.807, 2.05) is 24.0 Å². The molecule has 4 aromatic rings. The second-order valence-corrected chi connectivity index (χ2v) is 10.7. The van der Waals surface area contributed by atoms with Crippen molar-refractivity contribution < 1.29 is 18.3 Å². The van der Waals surface area contributed by atoms with Crippen molar-refractivity contribution in [2.75, 3.05) is 25.0 Å². The number of piperidine rings is 1. The van der Waals surface area contributed by atoms with E-state index in [9.17, 15) is 9.18 Å². The summed E-state index contributed by atoms with van der Waals surface area (Å²) in [6, 6.07) is 10.0. The number of likely N-dealkylation sites (tertiary alicyclic amines) is 1. The summed E-state index contributed by atoms with van der Waals surface area (Å²) in [5.74, 6) is -1.79. The molecule has 1 aliphatic rings. The Hall–Kier alpha value is -4.56. The number of imidazole rings is 1. The first-order chi connectivity index (χ1) is 19.6. The second-order valence-electron chi connectivity index (χ2n) is 10.7. The first-order valence-corrected chi connectivity index (χ1v) is 13.4. The van der Waals surface area contributed by atoms with Gasteiger partial charge in [0.15, 0.2) is 28.6 Å². The number of hydrogen-bond acceptors (Lipinski definition) is 7. The fourth-order valence-corrected chi connectivity index (χ4v) is 4.97. The third kappa shape index (κ3) is 5.56. The first kappa shape index (κ1) is 28.0. The summed E-state index contributed by atoms with van der Waals surface area (Å²) in [5, 5.41) is 12.4. The summed E-state index contributed by atoms with van der Waals surface area (Å²) >= 11 is 0. The molecule has 212 valence electrons. The number of nitriles is 1. The summed E-state index contributed by atoms with van der Waals surface area (Å²) in [5.41, 5.74) is 7.29. The highest BCUT2D eigenvalue weighted by atomic mass is 19.2. The predicted octanol–water partition coefficient (Wildman–Crippen LogP) is 5.22. The van der Waals surface area contributed by atoms with Gasteiger partial charge in [-0.05, 0) is 82.0 Å². The fourth-order valence-electron chi connectivity index (χ4n) is 4.97. The first-order valence-electron chi connectivity index (χ1n) is 13.4. The molecule has 0 atom stereocenters. The van der Waals surface area contributed by atoms with Gasteiger partial charge < -0.3 is 20.7 Å². The van der Waals surface area contributed by atoms with E-state index in [0.29, 0.717) is 54.0 Å². The average molecular weight is 560 g/mol. The highest BCUT2D eigenvalue weighted by Crippen LogP contribution is 2.33. The van der Waals surface area contributed by atoms with Crippen molar-refractivity contribution in [1.29, 1.82) is 5.26 Å². The third-order valence-electron chi connectivity index (χ3n) is 7.34. The lowest BCUT2D eigenvalue weighted by atomic mass is 9.96. The molecule has 3 N–H and O–H groups in total. The molecule has 0 bridgehead atoms. The van der Waals surface area contributed by atoms with Crippen LogP contribution in [-0.2, 0) is 0 Å². The van der Waals surface area contributed by atoms with E-state index in [4.69, 9.17) is 15.7 Å². The standard InChI is InChI=1S/C30H31F2N7O2/c1-18-14-20(4-5-21(18)29(40)38-11-8-19(15-33)9-12-38)37-27-28-36-16-23(39(28)13-10-35-27)22-6-7-24(26(32)25(22)31)41-30(2,3)17-34/h4-7,10,13-14,16,19H,8-9,11-12,15,33H2,1-3H3,(H,35,37). The molecule has 0 radical (unpaired) electrons. The maximum atomic E-state index is 15.2. The lowest BCUT2D eigenvalue weighted by Crippen LogP contribution is -2.40. The van der Waals surface area contributed by atoms with Gasteiger partial charge in [0.1, 0.15) is 6.07 Å². The molecule has 11 heteroatoms. The number of carbonyl (C=O) groups is 1. The SMILES string of the molecule is Cc1cc(Nc2nccn3c(-c4ccc(OC(C)(C)C#N)c(F)c4F)cnc23)ccc1C(=O)N1CCC(CN)CC1. The number of aryl methyl sites for hydroxylation is 1. The summed E-state index contributed by atoms with van der Waals surface area (Å²) in [4.78, 5) is 23.8. The smallest absolute Gasteiger partial charge is 0.254 e. The number of nitrogens with one attached hydrogen (secondary N) is 1. The van der Waals surface area contributed by atoms with Crippen LogP contribution in [0.25, 0.3) is 16.9 Å². The van der Waals surface area contributed by atoms with Gasteiger partial charge in [0, 0.05) is 42.3 Å². The molecule has 0 aliphatic carbocycles. The third-order valence-corrected chi connectivity index (χ3v) is 7.34. The Bertz CT molecular complexity index is 1650. The van der Waals surface area contributed by atoms with Gasteiger partial charge in [-0.3, -0.25) is 9.20 Å². The van der Waals surface area contributed by atoms with E-state index in [1.165, 1.54) is 38.4 Å². The van der Waals surface area contributed by atoms with Crippen LogP contribution in [0.1, 0.15) is 42.6 Å². The molecule has 9 nitrogen and oxygen atoms in total. The van der Waals surface area contributed by atoms with Crippen LogP contribution in [0.15, 0.2) is 48.9 Å². The number of nitrogens with zero attached hydrogens (tertiary/aromatic N) is 5. The highest BCUT2D eigenvalue weighted by molar-refractivity contribution is 5.96. The van der Waals surface area contributed by atoms with Crippen molar-refractivity contribution >= 4 is 23.1 Å². The van der Waals surface area contributed by atoms with Crippen LogP contribution < -0.4 is 15.8 Å². The maximum absolute atomic E-state index is 15.2. The normalized spacial score (nSPS) is 14.2. The van der Waals surface area contributed by atoms with Crippen LogP contribution in [0, 0.1) is 35.8 Å². The summed E-state index contributed by atoms with van der Waals surface area (Å²) in [6.45, 7) is 6.86. The van der Waals surface area contributed by atoms with Crippen LogP contribution in [0.3, 0.4) is 0 Å². The van der Waals surface area contributed by atoms with E-state index in [0.717, 1.165) is 18.4 Å². The van der Waals surface area contributed by atoms with E-state index < -0.39 is 17.2 Å². The molecule has 5 rings (SSSR count). The predicted molar refractivity (Wildman–Crippen MR) is 151 cm³/mol. The van der Waals surface area contributed by atoms with Crippen LogP contribution in [-0.4, -0.2) is 50.4 Å². The number of anilines is 2. The number of benzene rings is 2. The monoisotopic (exact) mass is 559 g/mol. The number of ether oxygens (including phenoxy) is 1. The zero-order valence-corrected chi connectivity index (χ0v) is 23.1. The Kier molecular flexibility index (Phi) is 7.60. The molecule has 2 aromatic carbocycles. The van der Waals surface area contributed by atoms with Crippen LogP contribution in [0.5, 0.6) is 5.75 Å². The van der Waals surface area contributed by atoms with Crippen molar-refractivity contribution in [2.45, 2.75) is 39.2 Å². The van der Waals surface area contributed by atoms with E-state index >= 15 is 4.39 Å². The van der Waals surface area contributed by atoms with Crippen LogP contribution in [0.2, 0.25) is 0 Å². The molecule has 3 heterocycles. The van der Waals surface area contributed by atoms with Gasteiger partial charge in [-0.1, -0.05) is 0 Å². The van der Waals surface area contributed by atoms with Gasteiger partial charge in [-0.25, -0.2) is 14.4 Å². The molecule has 41 heavy (non-hydrogen) atoms. The number of rotatable bonds is 7. The number of fused-ring (bicyclic) bond motifs is 1. The maximum Gasteiger partial charge on any atom is 0.254 e. The average Bonchev–Trinajstić information content (AvgIpc) is 3.40. The zero-order chi connectivity index (χ0) is 29.3. The van der Waals surface area contributed by atoms with Gasteiger partial charge in [0.05, 0.1) is 11.9 Å². The van der Waals surface area contributed by atoms with Crippen LogP contribution >= 0.6 is 0 Å². The minimum Gasteiger partial charge on any atom is -0.470 e. The molecule has 1 amide bonds. The number of carbonyl (C=O) groups excluding carboxylic acids is 1. The van der Waals surface area contributed by atoms with Crippen LogP contribution in [0.4, 0.5) is 20.3 Å². The molecule has 0 spiro atoms. The summed E-state index contributed by atoms with van der Waals surface area (Å²) in [7, 11) is 0. The quantitative estimate of drug-likeness (QED) is 0.318. The van der Waals surface area contributed by atoms with E-state index in [-0.39, 0.29) is 17.2 Å². The van der Waals surface area contributed by atoms with Gasteiger partial charge in [0.25, 0.3) is 5.91 Å². The van der Waals surface area contributed by atoms with Crippen molar-refractivity contribution in [3.8, 4) is 23.1 Å². The topological polar surface area (TPSA) is 122 Å². The molecule has 0 saturated carbocycles. The molecule has 1 aliphatic heterocycles. The summed E-state index contributed by atoms with van der Waals surface area (Å²) in [6.07, 6.45) is 6.38. The number of aromatic nitrogens is 3. The van der Waals surface area contributed by atoms with Crippen molar-refractivity contribution in [2.24, 2.45) is 11.7 Å². The number of amides is 1. The molecular weight excluding hydrogens is 528 g/mol. The Morgan fingerprint density at radius 3 is 2.63 bits per heavy atom. The van der Waals surface area contributed by atoms with E-state index in [1.54, 1.807) is 22.7 Å².